The van der Waals surface area contributed by atoms with Crippen LogP contribution in [0.1, 0.15) is 11.1 Å². The molecule has 3 N–H and O–H groups in total. The number of hydrogen-bond acceptors (Lipinski definition) is 5. The van der Waals surface area contributed by atoms with E-state index in [0.717, 1.165) is 11.8 Å². The molecular weight excluding hydrogens is 382 g/mol. The molecule has 1 heterocycles. The first-order valence-electron chi connectivity index (χ1n) is 6.51. The van der Waals surface area contributed by atoms with Crippen molar-refractivity contribution in [3.8, 4) is 0 Å². The summed E-state index contributed by atoms with van der Waals surface area (Å²) in [6.07, 6.45) is -14.1. The fourth-order valence-corrected chi connectivity index (χ4v) is 4.75. The second-order valence-electron chi connectivity index (χ2n) is 5.11. The van der Waals surface area contributed by atoms with Crippen LogP contribution in [0.15, 0.2) is 23.1 Å². The summed E-state index contributed by atoms with van der Waals surface area (Å²) in [5, 5.41) is 28.8. The lowest BCUT2D eigenvalue weighted by molar-refractivity contribution is -0.143. The number of halogens is 6. The zero-order chi connectivity index (χ0) is 18.3. The van der Waals surface area contributed by atoms with Crippen molar-refractivity contribution >= 4 is 23.5 Å². The van der Waals surface area contributed by atoms with Gasteiger partial charge in [-0.1, -0.05) is 0 Å². The van der Waals surface area contributed by atoms with Gasteiger partial charge >= 0.3 is 12.4 Å². The van der Waals surface area contributed by atoms with E-state index in [0.29, 0.717) is 23.9 Å². The van der Waals surface area contributed by atoms with Gasteiger partial charge in [-0.25, -0.2) is 0 Å². The van der Waals surface area contributed by atoms with Gasteiger partial charge in [-0.05, 0) is 18.2 Å². The van der Waals surface area contributed by atoms with E-state index in [4.69, 9.17) is 0 Å². The molecule has 1 aromatic rings. The Bertz CT molecular complexity index is 560. The summed E-state index contributed by atoms with van der Waals surface area (Å²) in [4.78, 5) is -0.336. The SMILES string of the molecule is O[C@@H]1[C@@H](O)[C@H](Sc2cc(C(F)(F)F)cc(C(F)(F)F)c2)SC[C@H]1O. The Kier molecular flexibility index (Phi) is 5.70. The van der Waals surface area contributed by atoms with E-state index in [1.54, 1.807) is 0 Å². The molecule has 24 heavy (non-hydrogen) atoms. The molecule has 0 amide bonds. The van der Waals surface area contributed by atoms with Gasteiger partial charge in [0, 0.05) is 10.6 Å². The van der Waals surface area contributed by atoms with Crippen molar-refractivity contribution in [3.05, 3.63) is 29.3 Å². The Balaban J connectivity index is 2.33. The van der Waals surface area contributed by atoms with Crippen molar-refractivity contribution in [2.24, 2.45) is 0 Å². The summed E-state index contributed by atoms with van der Waals surface area (Å²) < 4.78 is 75.9. The molecule has 1 fully saturated rings. The lowest BCUT2D eigenvalue weighted by Crippen LogP contribution is -2.47. The van der Waals surface area contributed by atoms with Crippen LogP contribution in [0.5, 0.6) is 0 Å². The van der Waals surface area contributed by atoms with Gasteiger partial charge in [0.2, 0.25) is 0 Å². The number of rotatable bonds is 2. The lowest BCUT2D eigenvalue weighted by atomic mass is 10.1. The average Bonchev–Trinajstić information content (AvgIpc) is 2.46. The average molecular weight is 394 g/mol. The molecule has 0 unspecified atom stereocenters. The first kappa shape index (κ1) is 19.7. The molecule has 0 spiro atoms. The maximum Gasteiger partial charge on any atom is 0.416 e. The number of benzene rings is 1. The first-order valence-corrected chi connectivity index (χ1v) is 8.44. The summed E-state index contributed by atoms with van der Waals surface area (Å²) >= 11 is 1.53. The van der Waals surface area contributed by atoms with Gasteiger partial charge in [-0.2, -0.15) is 26.3 Å². The quantitative estimate of drug-likeness (QED) is 0.674. The largest absolute Gasteiger partial charge is 0.416 e. The molecule has 0 radical (unpaired) electrons. The van der Waals surface area contributed by atoms with Crippen LogP contribution >= 0.6 is 23.5 Å². The molecule has 11 heteroatoms. The van der Waals surface area contributed by atoms with Crippen LogP contribution in [0.25, 0.3) is 0 Å². The molecule has 0 aliphatic carbocycles. The van der Waals surface area contributed by atoms with E-state index in [1.165, 1.54) is 0 Å². The molecule has 0 bridgehead atoms. The third-order valence-electron chi connectivity index (χ3n) is 3.27. The van der Waals surface area contributed by atoms with E-state index in [1.807, 2.05) is 0 Å². The number of thioether (sulfide) groups is 2. The number of alkyl halides is 6. The van der Waals surface area contributed by atoms with Gasteiger partial charge in [0.05, 0.1) is 21.8 Å². The molecule has 1 aliphatic heterocycles. The van der Waals surface area contributed by atoms with Crippen molar-refractivity contribution < 1.29 is 41.7 Å². The molecule has 3 nitrogen and oxygen atoms in total. The Morgan fingerprint density at radius 1 is 0.875 bits per heavy atom. The van der Waals surface area contributed by atoms with Crippen LogP contribution in [0.2, 0.25) is 0 Å². The Hall–Kier alpha value is -0.620. The minimum absolute atomic E-state index is 0.000975. The summed E-state index contributed by atoms with van der Waals surface area (Å²) in [5.41, 5.74) is -2.90. The van der Waals surface area contributed by atoms with Crippen LogP contribution < -0.4 is 0 Å². The predicted molar refractivity (Wildman–Crippen MR) is 76.6 cm³/mol. The fourth-order valence-electron chi connectivity index (χ4n) is 2.01. The second-order valence-corrected chi connectivity index (χ2v) is 7.80. The lowest BCUT2D eigenvalue weighted by Gasteiger charge is -2.34. The van der Waals surface area contributed by atoms with E-state index in [9.17, 15) is 41.7 Å². The first-order chi connectivity index (χ1) is 10.9. The Labute approximate surface area is 141 Å². The molecule has 0 saturated carbocycles. The molecular formula is C13H12F6O3S2. The number of aliphatic hydroxyl groups excluding tert-OH is 3. The molecule has 0 aromatic heterocycles. The molecule has 136 valence electrons. The van der Waals surface area contributed by atoms with E-state index >= 15 is 0 Å². The summed E-state index contributed by atoms with van der Waals surface area (Å²) in [6.45, 7) is 0. The molecule has 2 rings (SSSR count). The predicted octanol–water partition coefficient (Wildman–Crippen LogP) is 2.97. The zero-order valence-electron chi connectivity index (χ0n) is 11.7. The molecule has 1 aromatic carbocycles. The monoisotopic (exact) mass is 394 g/mol. The van der Waals surface area contributed by atoms with E-state index in [2.05, 4.69) is 0 Å². The third kappa shape index (κ3) is 4.51. The highest BCUT2D eigenvalue weighted by Gasteiger charge is 2.40. The molecule has 1 saturated heterocycles. The number of aliphatic hydroxyl groups is 3. The van der Waals surface area contributed by atoms with E-state index in [-0.39, 0.29) is 16.7 Å². The van der Waals surface area contributed by atoms with E-state index < -0.39 is 46.4 Å². The molecule has 4 atom stereocenters. The summed E-state index contributed by atoms with van der Waals surface area (Å²) in [5.74, 6) is 0.000975. The Morgan fingerprint density at radius 2 is 1.38 bits per heavy atom. The molecule has 1 aliphatic rings. The number of hydrogen-bond donors (Lipinski definition) is 3. The van der Waals surface area contributed by atoms with Crippen LogP contribution in [0, 0.1) is 0 Å². The summed E-state index contributed by atoms with van der Waals surface area (Å²) in [6, 6.07) is 1.14. The highest BCUT2D eigenvalue weighted by Crippen LogP contribution is 2.43. The van der Waals surface area contributed by atoms with Crippen LogP contribution in [0.4, 0.5) is 26.3 Å². The van der Waals surface area contributed by atoms with Gasteiger partial charge in [-0.15, -0.1) is 23.5 Å². The topological polar surface area (TPSA) is 60.7 Å². The zero-order valence-corrected chi connectivity index (χ0v) is 13.3. The highest BCUT2D eigenvalue weighted by atomic mass is 32.2. The maximum absolute atomic E-state index is 12.8. The third-order valence-corrected chi connectivity index (χ3v) is 6.12. The van der Waals surface area contributed by atoms with Crippen molar-refractivity contribution in [2.45, 2.75) is 40.1 Å². The van der Waals surface area contributed by atoms with Crippen LogP contribution in [-0.4, -0.2) is 44.0 Å². The standard InChI is InChI=1S/C13H12F6O3S2/c14-12(15,16)5-1-6(13(17,18)19)3-7(2-5)24-11-10(22)9(21)8(20)4-23-11/h1-3,8-11,20-22H,4H2/t8-,9+,10-,11+/m1/s1. The normalized spacial score (nSPS) is 28.9. The van der Waals surface area contributed by atoms with Crippen molar-refractivity contribution in [3.63, 3.8) is 0 Å². The van der Waals surface area contributed by atoms with Crippen molar-refractivity contribution in [2.75, 3.05) is 5.75 Å². The fraction of sp³-hybridized carbons (Fsp3) is 0.538. The van der Waals surface area contributed by atoms with Gasteiger partial charge in [-0.3, -0.25) is 0 Å². The van der Waals surface area contributed by atoms with Crippen molar-refractivity contribution in [1.29, 1.82) is 0 Å². The highest BCUT2D eigenvalue weighted by molar-refractivity contribution is 8.17. The van der Waals surface area contributed by atoms with Gasteiger partial charge in [0.15, 0.2) is 0 Å². The van der Waals surface area contributed by atoms with Crippen LogP contribution in [0.3, 0.4) is 0 Å². The minimum atomic E-state index is -4.95. The smallest absolute Gasteiger partial charge is 0.389 e. The summed E-state index contributed by atoms with van der Waals surface area (Å²) in [7, 11) is 0. The minimum Gasteiger partial charge on any atom is -0.389 e. The van der Waals surface area contributed by atoms with Crippen molar-refractivity contribution in [1.82, 2.24) is 0 Å². The second kappa shape index (κ2) is 6.94. The Morgan fingerprint density at radius 3 is 1.83 bits per heavy atom. The van der Waals surface area contributed by atoms with Crippen LogP contribution in [-0.2, 0) is 12.4 Å². The van der Waals surface area contributed by atoms with Gasteiger partial charge in [0.1, 0.15) is 12.2 Å². The van der Waals surface area contributed by atoms with Gasteiger partial charge in [0.25, 0.3) is 0 Å². The maximum atomic E-state index is 12.8. The van der Waals surface area contributed by atoms with Gasteiger partial charge < -0.3 is 15.3 Å².